The molecule has 0 spiro atoms. The highest BCUT2D eigenvalue weighted by Crippen LogP contribution is 2.38. The zero-order valence-corrected chi connectivity index (χ0v) is 17.5. The maximum atomic E-state index is 6.06. The fourth-order valence-electron chi connectivity index (χ4n) is 3.72. The Morgan fingerprint density at radius 1 is 0.968 bits per heavy atom. The van der Waals surface area contributed by atoms with Gasteiger partial charge in [-0.3, -0.25) is 9.97 Å². The first-order valence-corrected chi connectivity index (χ1v) is 10.2. The van der Waals surface area contributed by atoms with Gasteiger partial charge in [-0.15, -0.1) is 0 Å². The lowest BCUT2D eigenvalue weighted by atomic mass is 9.98. The van der Waals surface area contributed by atoms with Crippen LogP contribution in [0.2, 0.25) is 0 Å². The van der Waals surface area contributed by atoms with E-state index in [-0.39, 0.29) is 0 Å². The number of hydrogen-bond donors (Lipinski definition) is 1. The van der Waals surface area contributed by atoms with Crippen LogP contribution in [0.3, 0.4) is 0 Å². The number of benzene rings is 1. The van der Waals surface area contributed by atoms with Gasteiger partial charge in [0, 0.05) is 42.2 Å². The zero-order valence-electron chi connectivity index (χ0n) is 17.5. The summed E-state index contributed by atoms with van der Waals surface area (Å²) < 4.78 is 7.96. The van der Waals surface area contributed by atoms with Gasteiger partial charge in [-0.25, -0.2) is 4.52 Å². The highest BCUT2D eigenvalue weighted by molar-refractivity contribution is 6.03. The smallest absolute Gasteiger partial charge is 0.122 e. The number of nitrogens with zero attached hydrogens (tertiary/aromatic N) is 4. The molecule has 6 heteroatoms. The largest absolute Gasteiger partial charge is 0.486 e. The minimum atomic E-state index is -0.445. The van der Waals surface area contributed by atoms with Gasteiger partial charge in [0.1, 0.15) is 17.0 Å². The summed E-state index contributed by atoms with van der Waals surface area (Å²) in [6.45, 7) is 4.37. The second kappa shape index (κ2) is 7.49. The van der Waals surface area contributed by atoms with Crippen LogP contribution in [0, 0.1) is 0 Å². The second-order valence-corrected chi connectivity index (χ2v) is 8.07. The van der Waals surface area contributed by atoms with E-state index in [0.29, 0.717) is 6.54 Å². The number of ether oxygens (including phenoxy) is 1. The standard InChI is InChI=1S/C25H23N5O/c1-25(2,16-26)31-17-9-10-18-19(11-13-28-21(18)15-17)23-22-8-4-6-14-30(22)29-24(23)20-7-3-5-12-27-20/h3-15H,16,26H2,1-2H3. The highest BCUT2D eigenvalue weighted by atomic mass is 16.5. The van der Waals surface area contributed by atoms with Crippen molar-refractivity contribution >= 4 is 16.4 Å². The van der Waals surface area contributed by atoms with Crippen molar-refractivity contribution in [3.63, 3.8) is 0 Å². The van der Waals surface area contributed by atoms with E-state index < -0.39 is 5.60 Å². The molecule has 0 aliphatic carbocycles. The van der Waals surface area contributed by atoms with E-state index >= 15 is 0 Å². The predicted octanol–water partition coefficient (Wildman–Crippen LogP) is 4.73. The SMILES string of the molecule is CC(C)(CN)Oc1ccc2c(-c3c(-c4ccccn4)nn4ccccc34)ccnc2c1. The predicted molar refractivity (Wildman–Crippen MR) is 123 cm³/mol. The fraction of sp³-hybridized carbons (Fsp3) is 0.160. The van der Waals surface area contributed by atoms with Crippen molar-refractivity contribution in [3.8, 4) is 28.3 Å². The molecule has 154 valence electrons. The molecule has 0 bridgehead atoms. The van der Waals surface area contributed by atoms with Crippen molar-refractivity contribution in [1.82, 2.24) is 19.6 Å². The van der Waals surface area contributed by atoms with E-state index in [4.69, 9.17) is 15.6 Å². The molecule has 4 aromatic heterocycles. The summed E-state index contributed by atoms with van der Waals surface area (Å²) in [7, 11) is 0. The van der Waals surface area contributed by atoms with Crippen LogP contribution in [0.5, 0.6) is 5.75 Å². The lowest BCUT2D eigenvalue weighted by molar-refractivity contribution is 0.119. The van der Waals surface area contributed by atoms with Gasteiger partial charge in [-0.2, -0.15) is 5.10 Å². The molecule has 1 aromatic carbocycles. The maximum Gasteiger partial charge on any atom is 0.122 e. The average molecular weight is 409 g/mol. The van der Waals surface area contributed by atoms with Crippen LogP contribution < -0.4 is 10.5 Å². The monoisotopic (exact) mass is 409 g/mol. The van der Waals surface area contributed by atoms with Gasteiger partial charge >= 0.3 is 0 Å². The van der Waals surface area contributed by atoms with E-state index in [2.05, 4.69) is 16.0 Å². The number of pyridine rings is 3. The Morgan fingerprint density at radius 3 is 2.65 bits per heavy atom. The molecule has 4 heterocycles. The maximum absolute atomic E-state index is 6.06. The highest BCUT2D eigenvalue weighted by Gasteiger charge is 2.21. The van der Waals surface area contributed by atoms with E-state index in [1.807, 2.05) is 85.4 Å². The summed E-state index contributed by atoms with van der Waals surface area (Å²) in [4.78, 5) is 9.15. The van der Waals surface area contributed by atoms with E-state index in [9.17, 15) is 0 Å². The lowest BCUT2D eigenvalue weighted by Crippen LogP contribution is -2.37. The van der Waals surface area contributed by atoms with Crippen molar-refractivity contribution in [1.29, 1.82) is 0 Å². The van der Waals surface area contributed by atoms with Crippen LogP contribution in [-0.4, -0.2) is 31.7 Å². The Hall–Kier alpha value is -3.77. The minimum absolute atomic E-state index is 0.425. The number of hydrogen-bond acceptors (Lipinski definition) is 5. The Labute approximate surface area is 180 Å². The molecule has 0 radical (unpaired) electrons. The normalized spacial score (nSPS) is 11.8. The summed E-state index contributed by atoms with van der Waals surface area (Å²) in [5.74, 6) is 0.748. The van der Waals surface area contributed by atoms with E-state index in [1.165, 1.54) is 0 Å². The summed E-state index contributed by atoms with van der Waals surface area (Å²) in [6, 6.07) is 19.9. The van der Waals surface area contributed by atoms with Crippen LogP contribution in [0.15, 0.2) is 79.3 Å². The Kier molecular flexibility index (Phi) is 4.64. The van der Waals surface area contributed by atoms with Gasteiger partial charge in [-0.1, -0.05) is 12.1 Å². The first kappa shape index (κ1) is 19.2. The molecular weight excluding hydrogens is 386 g/mol. The molecule has 0 saturated heterocycles. The molecule has 31 heavy (non-hydrogen) atoms. The average Bonchev–Trinajstić information content (AvgIpc) is 3.18. The fourth-order valence-corrected chi connectivity index (χ4v) is 3.72. The topological polar surface area (TPSA) is 78.3 Å². The number of nitrogens with two attached hydrogens (primary N) is 1. The lowest BCUT2D eigenvalue weighted by Gasteiger charge is -2.24. The van der Waals surface area contributed by atoms with Crippen molar-refractivity contribution in [3.05, 3.63) is 79.3 Å². The van der Waals surface area contributed by atoms with Gasteiger partial charge < -0.3 is 10.5 Å². The van der Waals surface area contributed by atoms with Crippen molar-refractivity contribution in [2.75, 3.05) is 6.54 Å². The molecule has 6 nitrogen and oxygen atoms in total. The molecule has 5 aromatic rings. The van der Waals surface area contributed by atoms with Gasteiger partial charge in [-0.05, 0) is 61.9 Å². The second-order valence-electron chi connectivity index (χ2n) is 8.07. The first-order chi connectivity index (χ1) is 15.1. The number of aromatic nitrogens is 4. The third kappa shape index (κ3) is 3.51. The van der Waals surface area contributed by atoms with Crippen LogP contribution in [0.25, 0.3) is 38.9 Å². The first-order valence-electron chi connectivity index (χ1n) is 10.2. The van der Waals surface area contributed by atoms with Gasteiger partial charge in [0.15, 0.2) is 0 Å². The van der Waals surface area contributed by atoms with Crippen LogP contribution in [-0.2, 0) is 0 Å². The van der Waals surface area contributed by atoms with Gasteiger partial charge in [0.25, 0.3) is 0 Å². The van der Waals surface area contributed by atoms with Crippen LogP contribution >= 0.6 is 0 Å². The van der Waals surface area contributed by atoms with Crippen LogP contribution in [0.1, 0.15) is 13.8 Å². The van der Waals surface area contributed by atoms with Crippen molar-refractivity contribution in [2.45, 2.75) is 19.4 Å². The quantitative estimate of drug-likeness (QED) is 0.454. The summed E-state index contributed by atoms with van der Waals surface area (Å²) in [5.41, 5.74) is 11.0. The Balaban J connectivity index is 1.73. The molecule has 0 aliphatic rings. The van der Waals surface area contributed by atoms with Gasteiger partial charge in [0.05, 0.1) is 16.7 Å². The van der Waals surface area contributed by atoms with E-state index in [1.54, 1.807) is 6.20 Å². The Bertz CT molecular complexity index is 1380. The molecule has 5 rings (SSSR count). The van der Waals surface area contributed by atoms with Crippen molar-refractivity contribution in [2.24, 2.45) is 5.73 Å². The van der Waals surface area contributed by atoms with Crippen molar-refractivity contribution < 1.29 is 4.74 Å². The Morgan fingerprint density at radius 2 is 1.84 bits per heavy atom. The summed E-state index contributed by atoms with van der Waals surface area (Å²) >= 11 is 0. The molecule has 0 aliphatic heterocycles. The molecule has 0 atom stereocenters. The molecular formula is C25H23N5O. The van der Waals surface area contributed by atoms with Crippen LogP contribution in [0.4, 0.5) is 0 Å². The molecule has 0 unspecified atom stereocenters. The number of fused-ring (bicyclic) bond motifs is 2. The minimum Gasteiger partial charge on any atom is -0.486 e. The third-order valence-electron chi connectivity index (χ3n) is 5.32. The zero-order chi connectivity index (χ0) is 21.4. The third-order valence-corrected chi connectivity index (χ3v) is 5.32. The van der Waals surface area contributed by atoms with E-state index in [0.717, 1.165) is 44.7 Å². The molecule has 0 saturated carbocycles. The molecule has 2 N–H and O–H groups in total. The summed E-state index contributed by atoms with van der Waals surface area (Å²) in [6.07, 6.45) is 5.57. The number of rotatable bonds is 5. The summed E-state index contributed by atoms with van der Waals surface area (Å²) in [5, 5.41) is 5.86. The molecule has 0 amide bonds. The van der Waals surface area contributed by atoms with Gasteiger partial charge in [0.2, 0.25) is 0 Å². The molecule has 0 fully saturated rings.